The molecule has 1 rings (SSSR count). The van der Waals surface area contributed by atoms with Crippen molar-refractivity contribution in [2.24, 2.45) is 0 Å². The van der Waals surface area contributed by atoms with Gasteiger partial charge in [-0.25, -0.2) is 0 Å². The maximum absolute atomic E-state index is 10.7. The lowest BCUT2D eigenvalue weighted by atomic mass is 9.96. The van der Waals surface area contributed by atoms with Crippen LogP contribution >= 0.6 is 0 Å². The highest BCUT2D eigenvalue weighted by Gasteiger charge is 2.41. The van der Waals surface area contributed by atoms with Crippen molar-refractivity contribution in [2.75, 3.05) is 6.61 Å². The molecule has 0 spiro atoms. The Kier molecular flexibility index (Phi) is 2.15. The molecular formula is C7H12O4. The number of rotatable bonds is 2. The second-order valence-corrected chi connectivity index (χ2v) is 2.99. The molecule has 4 nitrogen and oxygen atoms in total. The molecule has 0 saturated carbocycles. The molecule has 11 heavy (non-hydrogen) atoms. The Morgan fingerprint density at radius 2 is 2.45 bits per heavy atom. The zero-order chi connectivity index (χ0) is 8.48. The number of carbonyl (C=O) groups excluding carboxylic acids is 1. The fraction of sp³-hybridized carbons (Fsp3) is 0.857. The molecule has 1 fully saturated rings. The molecule has 0 amide bonds. The van der Waals surface area contributed by atoms with E-state index in [1.165, 1.54) is 0 Å². The number of aliphatic hydroxyl groups is 2. The van der Waals surface area contributed by atoms with E-state index >= 15 is 0 Å². The third-order valence-electron chi connectivity index (χ3n) is 2.05. The second-order valence-electron chi connectivity index (χ2n) is 2.99. The summed E-state index contributed by atoms with van der Waals surface area (Å²) in [5, 5.41) is 17.8. The standard InChI is InChI=1S/C7H12O4/c1-7(5(9)4-8)3-2-6(10)11-7/h5,8-9H,2-4H2,1H3/t5-,7+/m0/s1. The van der Waals surface area contributed by atoms with E-state index in [0.717, 1.165) is 0 Å². The number of cyclic esters (lactones) is 1. The number of aliphatic hydroxyl groups excluding tert-OH is 2. The van der Waals surface area contributed by atoms with E-state index in [-0.39, 0.29) is 12.6 Å². The van der Waals surface area contributed by atoms with Gasteiger partial charge in [-0.15, -0.1) is 0 Å². The van der Waals surface area contributed by atoms with Crippen LogP contribution in [0.2, 0.25) is 0 Å². The van der Waals surface area contributed by atoms with Gasteiger partial charge in [-0.3, -0.25) is 4.79 Å². The lowest BCUT2D eigenvalue weighted by molar-refractivity contribution is -0.158. The maximum Gasteiger partial charge on any atom is 0.306 e. The summed E-state index contributed by atoms with van der Waals surface area (Å²) in [6.45, 7) is 1.25. The minimum atomic E-state index is -0.964. The van der Waals surface area contributed by atoms with Gasteiger partial charge in [0.1, 0.15) is 11.7 Å². The molecule has 0 aliphatic carbocycles. The summed E-state index contributed by atoms with van der Waals surface area (Å²) in [7, 11) is 0. The zero-order valence-corrected chi connectivity index (χ0v) is 6.41. The SMILES string of the molecule is C[C@]1([C@@H](O)CO)CCC(=O)O1. The predicted molar refractivity (Wildman–Crippen MR) is 36.8 cm³/mol. The molecule has 1 aliphatic rings. The Hall–Kier alpha value is -0.610. The van der Waals surface area contributed by atoms with E-state index < -0.39 is 11.7 Å². The van der Waals surface area contributed by atoms with Crippen LogP contribution in [-0.2, 0) is 9.53 Å². The molecule has 64 valence electrons. The van der Waals surface area contributed by atoms with E-state index in [2.05, 4.69) is 0 Å². The minimum absolute atomic E-state index is 0.306. The van der Waals surface area contributed by atoms with Crippen LogP contribution in [0.15, 0.2) is 0 Å². The molecule has 0 aromatic rings. The highest BCUT2D eigenvalue weighted by Crippen LogP contribution is 2.29. The van der Waals surface area contributed by atoms with Gasteiger partial charge in [0.15, 0.2) is 0 Å². The first-order valence-electron chi connectivity index (χ1n) is 3.59. The van der Waals surface area contributed by atoms with Gasteiger partial charge >= 0.3 is 5.97 Å². The largest absolute Gasteiger partial charge is 0.456 e. The summed E-state index contributed by atoms with van der Waals surface area (Å²) in [6, 6.07) is 0. The summed E-state index contributed by atoms with van der Waals surface area (Å²) in [5.74, 6) is -0.306. The van der Waals surface area contributed by atoms with Gasteiger partial charge in [-0.2, -0.15) is 0 Å². The fourth-order valence-corrected chi connectivity index (χ4v) is 1.14. The second kappa shape index (κ2) is 2.79. The molecule has 0 unspecified atom stereocenters. The van der Waals surface area contributed by atoms with E-state index in [0.29, 0.717) is 12.8 Å². The van der Waals surface area contributed by atoms with E-state index in [9.17, 15) is 9.90 Å². The van der Waals surface area contributed by atoms with E-state index in [1.54, 1.807) is 6.92 Å². The van der Waals surface area contributed by atoms with Crippen LogP contribution in [0, 0.1) is 0 Å². The number of hydrogen-bond acceptors (Lipinski definition) is 4. The molecule has 4 heteroatoms. The zero-order valence-electron chi connectivity index (χ0n) is 6.41. The van der Waals surface area contributed by atoms with Crippen molar-refractivity contribution < 1.29 is 19.7 Å². The van der Waals surface area contributed by atoms with Gasteiger partial charge in [-0.05, 0) is 6.92 Å². The molecule has 0 aromatic heterocycles. The third-order valence-corrected chi connectivity index (χ3v) is 2.05. The van der Waals surface area contributed by atoms with Crippen LogP contribution in [0.3, 0.4) is 0 Å². The van der Waals surface area contributed by atoms with Crippen LogP contribution in [0.4, 0.5) is 0 Å². The van der Waals surface area contributed by atoms with Gasteiger partial charge in [0.05, 0.1) is 6.61 Å². The highest BCUT2D eigenvalue weighted by molar-refractivity contribution is 5.72. The van der Waals surface area contributed by atoms with Crippen LogP contribution in [0.5, 0.6) is 0 Å². The first kappa shape index (κ1) is 8.49. The first-order chi connectivity index (χ1) is 5.08. The van der Waals surface area contributed by atoms with Crippen LogP contribution in [-0.4, -0.2) is 34.5 Å². The number of ether oxygens (including phenoxy) is 1. The molecule has 0 bridgehead atoms. The number of esters is 1. The number of hydrogen-bond donors (Lipinski definition) is 2. The van der Waals surface area contributed by atoms with Crippen molar-refractivity contribution in [3.05, 3.63) is 0 Å². The van der Waals surface area contributed by atoms with Crippen molar-refractivity contribution in [3.8, 4) is 0 Å². The molecule has 0 aromatic carbocycles. The normalized spacial score (nSPS) is 33.5. The van der Waals surface area contributed by atoms with Gasteiger partial charge in [-0.1, -0.05) is 0 Å². The van der Waals surface area contributed by atoms with Gasteiger partial charge < -0.3 is 14.9 Å². The Morgan fingerprint density at radius 1 is 1.82 bits per heavy atom. The quantitative estimate of drug-likeness (QED) is 0.531. The van der Waals surface area contributed by atoms with Crippen LogP contribution in [0.1, 0.15) is 19.8 Å². The molecule has 0 radical (unpaired) electrons. The van der Waals surface area contributed by atoms with Crippen molar-refractivity contribution >= 4 is 5.97 Å². The van der Waals surface area contributed by atoms with Gasteiger partial charge in [0.25, 0.3) is 0 Å². The highest BCUT2D eigenvalue weighted by atomic mass is 16.6. The number of carbonyl (C=O) groups is 1. The smallest absolute Gasteiger partial charge is 0.306 e. The Labute approximate surface area is 64.8 Å². The minimum Gasteiger partial charge on any atom is -0.456 e. The molecule has 2 N–H and O–H groups in total. The van der Waals surface area contributed by atoms with Crippen LogP contribution < -0.4 is 0 Å². The van der Waals surface area contributed by atoms with Crippen LogP contribution in [0.25, 0.3) is 0 Å². The maximum atomic E-state index is 10.7. The van der Waals surface area contributed by atoms with Gasteiger partial charge in [0, 0.05) is 12.8 Å². The monoisotopic (exact) mass is 160 g/mol. The molecule has 2 atom stereocenters. The Bertz CT molecular complexity index is 168. The average molecular weight is 160 g/mol. The van der Waals surface area contributed by atoms with E-state index in [1.807, 2.05) is 0 Å². The van der Waals surface area contributed by atoms with Crippen molar-refractivity contribution in [1.82, 2.24) is 0 Å². The lowest BCUT2D eigenvalue weighted by Crippen LogP contribution is -2.41. The van der Waals surface area contributed by atoms with Crippen molar-refractivity contribution in [2.45, 2.75) is 31.5 Å². The lowest BCUT2D eigenvalue weighted by Gasteiger charge is -2.26. The summed E-state index contributed by atoms with van der Waals surface area (Å²) >= 11 is 0. The van der Waals surface area contributed by atoms with E-state index in [4.69, 9.17) is 9.84 Å². The molecule has 1 heterocycles. The van der Waals surface area contributed by atoms with Gasteiger partial charge in [0.2, 0.25) is 0 Å². The molecule has 1 saturated heterocycles. The molecular weight excluding hydrogens is 148 g/mol. The fourth-order valence-electron chi connectivity index (χ4n) is 1.14. The van der Waals surface area contributed by atoms with Crippen molar-refractivity contribution in [3.63, 3.8) is 0 Å². The predicted octanol–water partition coefficient (Wildman–Crippen LogP) is -0.565. The molecule has 1 aliphatic heterocycles. The Morgan fingerprint density at radius 3 is 2.82 bits per heavy atom. The van der Waals surface area contributed by atoms with Crippen molar-refractivity contribution in [1.29, 1.82) is 0 Å². The summed E-state index contributed by atoms with van der Waals surface area (Å²) in [5.41, 5.74) is -0.869. The summed E-state index contributed by atoms with van der Waals surface area (Å²) in [4.78, 5) is 10.7. The average Bonchev–Trinajstić information content (AvgIpc) is 2.31. The summed E-state index contributed by atoms with van der Waals surface area (Å²) < 4.78 is 4.85. The Balaban J connectivity index is 2.61. The topological polar surface area (TPSA) is 66.8 Å². The summed E-state index contributed by atoms with van der Waals surface area (Å²) in [6.07, 6.45) is -0.157. The third kappa shape index (κ3) is 1.52. The first-order valence-corrected chi connectivity index (χ1v) is 3.59.